The van der Waals surface area contributed by atoms with E-state index in [1.54, 1.807) is 18.2 Å². The van der Waals surface area contributed by atoms with Crippen LogP contribution in [-0.2, 0) is 14.6 Å². The molecule has 12 heteroatoms. The number of rotatable bonds is 6. The lowest BCUT2D eigenvalue weighted by molar-refractivity contribution is -0.114. The summed E-state index contributed by atoms with van der Waals surface area (Å²) in [6.07, 6.45) is 2.44. The number of carbonyl (C=O) groups excluding carboxylic acids is 1. The van der Waals surface area contributed by atoms with E-state index in [0.29, 0.717) is 22.9 Å². The largest absolute Gasteiger partial charge is 0.490 e. The third kappa shape index (κ3) is 5.27. The second kappa shape index (κ2) is 9.38. The van der Waals surface area contributed by atoms with E-state index < -0.39 is 15.7 Å². The zero-order chi connectivity index (χ0) is 23.6. The van der Waals surface area contributed by atoms with Gasteiger partial charge in [-0.05, 0) is 47.7 Å². The van der Waals surface area contributed by atoms with Crippen LogP contribution in [0.4, 0.5) is 0 Å². The van der Waals surface area contributed by atoms with Gasteiger partial charge in [-0.3, -0.25) is 10.2 Å². The average molecular weight is 505 g/mol. The number of sulfone groups is 1. The summed E-state index contributed by atoms with van der Waals surface area (Å²) in [6.45, 7) is 0.616. The molecule has 0 saturated heterocycles. The highest BCUT2D eigenvalue weighted by molar-refractivity contribution is 8.42. The van der Waals surface area contributed by atoms with Crippen molar-refractivity contribution >= 4 is 60.6 Å². The maximum Gasteiger partial charge on any atom is 0.283 e. The Morgan fingerprint density at radius 2 is 1.88 bits per heavy atom. The quantitative estimate of drug-likeness (QED) is 0.472. The molecule has 1 amide bonds. The summed E-state index contributed by atoms with van der Waals surface area (Å²) < 4.78 is 34.5. The van der Waals surface area contributed by atoms with Gasteiger partial charge in [0, 0.05) is 6.26 Å². The number of ether oxygens (including phenoxy) is 2. The van der Waals surface area contributed by atoms with E-state index in [4.69, 9.17) is 26.5 Å². The summed E-state index contributed by atoms with van der Waals surface area (Å²) in [6, 6.07) is 14.3. The van der Waals surface area contributed by atoms with Gasteiger partial charge in [-0.2, -0.15) is 10.0 Å². The first-order chi connectivity index (χ1) is 15.7. The third-order valence-corrected chi connectivity index (χ3v) is 7.25. The summed E-state index contributed by atoms with van der Waals surface area (Å²) in [5, 5.41) is 13.6. The summed E-state index contributed by atoms with van der Waals surface area (Å²) in [5.74, 6) is 0.243. The molecule has 2 aromatic rings. The lowest BCUT2D eigenvalue weighted by Gasteiger charge is -2.20. The lowest BCUT2D eigenvalue weighted by atomic mass is 10.1. The minimum atomic E-state index is -3.59. The van der Waals surface area contributed by atoms with Gasteiger partial charge in [0.1, 0.15) is 24.7 Å². The van der Waals surface area contributed by atoms with E-state index in [-0.39, 0.29) is 27.6 Å². The second-order valence-corrected chi connectivity index (χ2v) is 10.4. The monoisotopic (exact) mass is 504 g/mol. The number of nitrogens with one attached hydrogen (secondary N) is 1. The van der Waals surface area contributed by atoms with Crippen molar-refractivity contribution in [3.05, 3.63) is 64.7 Å². The van der Waals surface area contributed by atoms with E-state index in [9.17, 15) is 13.2 Å². The molecule has 33 heavy (non-hydrogen) atoms. The summed E-state index contributed by atoms with van der Waals surface area (Å²) in [5.41, 5.74) is 0.498. The summed E-state index contributed by atoms with van der Waals surface area (Å²) >= 11 is 7.04. The number of carbonyl (C=O) groups is 1. The molecule has 0 unspecified atom stereocenters. The molecule has 0 bridgehead atoms. The van der Waals surface area contributed by atoms with Crippen LogP contribution in [0.15, 0.2) is 64.2 Å². The number of thioether (sulfide) groups is 1. The Hall–Kier alpha value is -3.15. The van der Waals surface area contributed by atoms with Crippen LogP contribution in [0.25, 0.3) is 6.08 Å². The van der Waals surface area contributed by atoms with Crippen LogP contribution >= 0.6 is 23.4 Å². The number of hydrazone groups is 1. The number of fused-ring (bicyclic) bond motifs is 1. The van der Waals surface area contributed by atoms with Gasteiger partial charge in [0.15, 0.2) is 5.84 Å². The molecular weight excluding hydrogens is 488 g/mol. The van der Waals surface area contributed by atoms with Gasteiger partial charge in [-0.25, -0.2) is 8.42 Å². The van der Waals surface area contributed by atoms with Crippen molar-refractivity contribution in [1.29, 1.82) is 5.41 Å². The fraction of sp³-hybridized carbons (Fsp3) is 0.143. The molecule has 0 radical (unpaired) electrons. The SMILES string of the molecule is CS(=O)(=O)C1=NN2C(=N)/C(=C\c3ccc(OCCOc4ccccc4)c(Cl)c3)C(=O)N=C2S1. The van der Waals surface area contributed by atoms with E-state index in [1.165, 1.54) is 6.08 Å². The van der Waals surface area contributed by atoms with Crippen LogP contribution in [0.2, 0.25) is 5.02 Å². The predicted molar refractivity (Wildman–Crippen MR) is 129 cm³/mol. The molecule has 9 nitrogen and oxygen atoms in total. The van der Waals surface area contributed by atoms with E-state index >= 15 is 0 Å². The third-order valence-electron chi connectivity index (χ3n) is 4.37. The first kappa shape index (κ1) is 23.0. The molecule has 0 aliphatic carbocycles. The van der Waals surface area contributed by atoms with E-state index in [1.807, 2.05) is 30.3 Å². The highest BCUT2D eigenvalue weighted by Gasteiger charge is 2.38. The number of hydrogen-bond acceptors (Lipinski definition) is 8. The molecule has 0 aromatic heterocycles. The van der Waals surface area contributed by atoms with Crippen LogP contribution in [0.5, 0.6) is 11.5 Å². The van der Waals surface area contributed by atoms with Crippen LogP contribution in [-0.4, -0.2) is 54.2 Å². The van der Waals surface area contributed by atoms with Crippen molar-refractivity contribution in [2.45, 2.75) is 0 Å². The number of para-hydroxylation sites is 1. The molecule has 1 N–H and O–H groups in total. The van der Waals surface area contributed by atoms with Crippen molar-refractivity contribution < 1.29 is 22.7 Å². The fourth-order valence-electron chi connectivity index (χ4n) is 2.84. The van der Waals surface area contributed by atoms with E-state index in [2.05, 4.69) is 10.1 Å². The van der Waals surface area contributed by atoms with Gasteiger partial charge < -0.3 is 9.47 Å². The standard InChI is InChI=1S/C21H17ClN4O5S2/c1-33(28,29)21-25-26-18(23)15(19(27)24-20(26)32-21)11-13-7-8-17(16(22)12-13)31-10-9-30-14-5-3-2-4-6-14/h2-8,11-12,23H,9-10H2,1H3/b15-11+,23-18?. The molecule has 0 saturated carbocycles. The Kier molecular flexibility index (Phi) is 6.54. The minimum Gasteiger partial charge on any atom is -0.490 e. The topological polar surface area (TPSA) is 121 Å². The first-order valence-electron chi connectivity index (χ1n) is 9.53. The number of amides is 1. The number of hydrogen-bond donors (Lipinski definition) is 1. The molecule has 170 valence electrons. The Balaban J connectivity index is 1.45. The Morgan fingerprint density at radius 1 is 1.15 bits per heavy atom. The van der Waals surface area contributed by atoms with Crippen molar-refractivity contribution in [2.75, 3.05) is 19.5 Å². The molecule has 4 rings (SSSR count). The van der Waals surface area contributed by atoms with Gasteiger partial charge in [0.05, 0.1) is 10.6 Å². The van der Waals surface area contributed by atoms with E-state index in [0.717, 1.165) is 28.8 Å². The fourth-order valence-corrected chi connectivity index (χ4v) is 4.77. The normalized spacial score (nSPS) is 17.0. The number of aliphatic imine (C=N–C) groups is 1. The van der Waals surface area contributed by atoms with Crippen LogP contribution in [0.1, 0.15) is 5.56 Å². The number of halogens is 1. The van der Waals surface area contributed by atoms with Crippen molar-refractivity contribution in [3.63, 3.8) is 0 Å². The smallest absolute Gasteiger partial charge is 0.283 e. The zero-order valence-corrected chi connectivity index (χ0v) is 19.6. The Bertz CT molecular complexity index is 1320. The second-order valence-electron chi connectivity index (χ2n) is 6.86. The lowest BCUT2D eigenvalue weighted by Crippen LogP contribution is -2.35. The van der Waals surface area contributed by atoms with Gasteiger partial charge >= 0.3 is 0 Å². The molecule has 2 aromatic carbocycles. The van der Waals surface area contributed by atoms with Crippen LogP contribution in [0, 0.1) is 5.41 Å². The molecule has 2 aliphatic rings. The van der Waals surface area contributed by atoms with Gasteiger partial charge in [0.2, 0.25) is 19.4 Å². The van der Waals surface area contributed by atoms with Gasteiger partial charge in [0.25, 0.3) is 5.91 Å². The molecule has 0 fully saturated rings. The van der Waals surface area contributed by atoms with Crippen LogP contribution < -0.4 is 9.47 Å². The highest BCUT2D eigenvalue weighted by atomic mass is 35.5. The van der Waals surface area contributed by atoms with Crippen molar-refractivity contribution in [3.8, 4) is 11.5 Å². The van der Waals surface area contributed by atoms with Crippen molar-refractivity contribution in [1.82, 2.24) is 5.01 Å². The molecular formula is C21H17ClN4O5S2. The predicted octanol–water partition coefficient (Wildman–Crippen LogP) is 3.42. The Morgan fingerprint density at radius 3 is 2.58 bits per heavy atom. The molecule has 2 heterocycles. The highest BCUT2D eigenvalue weighted by Crippen LogP contribution is 2.31. The zero-order valence-electron chi connectivity index (χ0n) is 17.2. The maximum absolute atomic E-state index is 12.4. The molecule has 0 spiro atoms. The van der Waals surface area contributed by atoms with Crippen LogP contribution in [0.3, 0.4) is 0 Å². The number of nitrogens with zero attached hydrogens (tertiary/aromatic N) is 3. The van der Waals surface area contributed by atoms with Gasteiger partial charge in [-0.15, -0.1) is 5.10 Å². The first-order valence-corrected chi connectivity index (χ1v) is 12.6. The van der Waals surface area contributed by atoms with Crippen molar-refractivity contribution in [2.24, 2.45) is 10.1 Å². The molecule has 2 aliphatic heterocycles. The summed E-state index contributed by atoms with van der Waals surface area (Å²) in [7, 11) is -3.59. The maximum atomic E-state index is 12.4. The number of benzene rings is 2. The Labute approximate surface area is 199 Å². The van der Waals surface area contributed by atoms with Gasteiger partial charge in [-0.1, -0.05) is 35.9 Å². The summed E-state index contributed by atoms with van der Waals surface area (Å²) in [4.78, 5) is 16.3. The minimum absolute atomic E-state index is 0.0297. The average Bonchev–Trinajstić information content (AvgIpc) is 3.21. The number of amidine groups is 2. The molecule has 0 atom stereocenters.